The van der Waals surface area contributed by atoms with Crippen molar-refractivity contribution in [3.05, 3.63) is 48.5 Å². The second-order valence-electron chi connectivity index (χ2n) is 3.62. The lowest BCUT2D eigenvalue weighted by molar-refractivity contribution is -0.274. The molecule has 1 N–H and O–H groups in total. The van der Waals surface area contributed by atoms with Gasteiger partial charge in [-0.25, -0.2) is 4.98 Å². The van der Waals surface area contributed by atoms with E-state index in [1.54, 1.807) is 0 Å². The molecule has 0 saturated heterocycles. The summed E-state index contributed by atoms with van der Waals surface area (Å²) in [4.78, 5) is 19.2. The van der Waals surface area contributed by atoms with Gasteiger partial charge in [0.05, 0.1) is 6.20 Å². The van der Waals surface area contributed by atoms with E-state index in [1.807, 2.05) is 0 Å². The van der Waals surface area contributed by atoms with E-state index >= 15 is 0 Å². The minimum absolute atomic E-state index is 0.0506. The number of aromatic nitrogens is 2. The summed E-state index contributed by atoms with van der Waals surface area (Å²) in [6.45, 7) is 0. The van der Waals surface area contributed by atoms with Crippen LogP contribution in [0.2, 0.25) is 0 Å². The predicted molar refractivity (Wildman–Crippen MR) is 63.1 cm³/mol. The van der Waals surface area contributed by atoms with Crippen molar-refractivity contribution < 1.29 is 22.7 Å². The Bertz CT molecular complexity index is 602. The van der Waals surface area contributed by atoms with Crippen LogP contribution in [0.4, 0.5) is 18.9 Å². The van der Waals surface area contributed by atoms with Gasteiger partial charge in [0.2, 0.25) is 0 Å². The molecule has 0 aliphatic heterocycles. The Morgan fingerprint density at radius 3 is 2.70 bits per heavy atom. The third-order valence-corrected chi connectivity index (χ3v) is 2.12. The molecule has 1 amide bonds. The number of hydrogen-bond donors (Lipinski definition) is 1. The zero-order valence-corrected chi connectivity index (χ0v) is 9.89. The lowest BCUT2D eigenvalue weighted by atomic mass is 10.3. The molecule has 0 aliphatic rings. The van der Waals surface area contributed by atoms with Gasteiger partial charge in [0.1, 0.15) is 11.4 Å². The molecule has 0 atom stereocenters. The lowest BCUT2D eigenvalue weighted by Crippen LogP contribution is -2.17. The van der Waals surface area contributed by atoms with Crippen LogP contribution in [0, 0.1) is 0 Å². The number of nitrogens with one attached hydrogen (secondary N) is 1. The first-order valence-corrected chi connectivity index (χ1v) is 5.37. The van der Waals surface area contributed by atoms with Crippen molar-refractivity contribution in [2.45, 2.75) is 6.36 Å². The smallest absolute Gasteiger partial charge is 0.406 e. The van der Waals surface area contributed by atoms with Crippen molar-refractivity contribution in [3.8, 4) is 5.75 Å². The molecular formula is C12H8F3N3O2. The maximum absolute atomic E-state index is 12.1. The van der Waals surface area contributed by atoms with Crippen LogP contribution >= 0.6 is 0 Å². The topological polar surface area (TPSA) is 64.1 Å². The van der Waals surface area contributed by atoms with Crippen LogP contribution in [0.1, 0.15) is 10.5 Å². The molecule has 104 valence electrons. The SMILES string of the molecule is O=C(Nc1cccc(OC(F)(F)F)c1)c1cnccn1. The molecule has 2 rings (SSSR count). The van der Waals surface area contributed by atoms with Gasteiger partial charge in [-0.3, -0.25) is 9.78 Å². The number of carbonyl (C=O) groups is 1. The molecule has 1 heterocycles. The monoisotopic (exact) mass is 283 g/mol. The Hall–Kier alpha value is -2.64. The first-order chi connectivity index (χ1) is 9.44. The number of hydrogen-bond acceptors (Lipinski definition) is 4. The molecule has 2 aromatic rings. The molecule has 20 heavy (non-hydrogen) atoms. The third-order valence-electron chi connectivity index (χ3n) is 2.12. The zero-order chi connectivity index (χ0) is 14.6. The molecule has 0 unspecified atom stereocenters. The second kappa shape index (κ2) is 5.55. The quantitative estimate of drug-likeness (QED) is 0.940. The lowest BCUT2D eigenvalue weighted by Gasteiger charge is -2.10. The van der Waals surface area contributed by atoms with Crippen LogP contribution in [0.5, 0.6) is 5.75 Å². The summed E-state index contributed by atoms with van der Waals surface area (Å²) < 4.78 is 40.0. The molecule has 0 fully saturated rings. The number of alkyl halides is 3. The number of benzene rings is 1. The van der Waals surface area contributed by atoms with Gasteiger partial charge in [0.15, 0.2) is 0 Å². The average molecular weight is 283 g/mol. The second-order valence-corrected chi connectivity index (χ2v) is 3.62. The van der Waals surface area contributed by atoms with Crippen molar-refractivity contribution in [3.63, 3.8) is 0 Å². The van der Waals surface area contributed by atoms with Gasteiger partial charge in [0, 0.05) is 24.1 Å². The average Bonchev–Trinajstić information content (AvgIpc) is 2.38. The summed E-state index contributed by atoms with van der Waals surface area (Å²) in [5.41, 5.74) is 0.206. The molecule has 0 spiro atoms. The van der Waals surface area contributed by atoms with E-state index < -0.39 is 18.0 Å². The molecule has 8 heteroatoms. The summed E-state index contributed by atoms with van der Waals surface area (Å²) >= 11 is 0. The van der Waals surface area contributed by atoms with E-state index in [9.17, 15) is 18.0 Å². The van der Waals surface area contributed by atoms with E-state index in [0.29, 0.717) is 0 Å². The van der Waals surface area contributed by atoms with Crippen molar-refractivity contribution in [1.29, 1.82) is 0 Å². The molecule has 0 bridgehead atoms. The van der Waals surface area contributed by atoms with Gasteiger partial charge < -0.3 is 10.1 Å². The van der Waals surface area contributed by atoms with Crippen molar-refractivity contribution in [1.82, 2.24) is 9.97 Å². The van der Waals surface area contributed by atoms with Gasteiger partial charge in [-0.05, 0) is 12.1 Å². The fourth-order valence-corrected chi connectivity index (χ4v) is 1.38. The number of carbonyl (C=O) groups excluding carboxylic acids is 1. The summed E-state index contributed by atoms with van der Waals surface area (Å²) in [5, 5.41) is 2.40. The molecule has 0 saturated carbocycles. The van der Waals surface area contributed by atoms with Gasteiger partial charge >= 0.3 is 6.36 Å². The summed E-state index contributed by atoms with van der Waals surface area (Å²) in [6, 6.07) is 4.94. The van der Waals surface area contributed by atoms with E-state index in [0.717, 1.165) is 12.1 Å². The van der Waals surface area contributed by atoms with Crippen LogP contribution in [0.15, 0.2) is 42.9 Å². The number of ether oxygens (including phenoxy) is 1. The first-order valence-electron chi connectivity index (χ1n) is 5.37. The Morgan fingerprint density at radius 2 is 2.05 bits per heavy atom. The largest absolute Gasteiger partial charge is 0.573 e. The predicted octanol–water partition coefficient (Wildman–Crippen LogP) is 2.63. The molecule has 0 radical (unpaired) electrons. The molecule has 1 aromatic carbocycles. The van der Waals surface area contributed by atoms with Crippen molar-refractivity contribution in [2.75, 3.05) is 5.32 Å². The molecular weight excluding hydrogens is 275 g/mol. The van der Waals surface area contributed by atoms with Gasteiger partial charge in [0.25, 0.3) is 5.91 Å². The number of rotatable bonds is 3. The number of nitrogens with zero attached hydrogens (tertiary/aromatic N) is 2. The highest BCUT2D eigenvalue weighted by molar-refractivity contribution is 6.02. The highest BCUT2D eigenvalue weighted by Crippen LogP contribution is 2.25. The molecule has 0 aliphatic carbocycles. The Labute approximate surface area is 111 Å². The minimum atomic E-state index is -4.78. The zero-order valence-electron chi connectivity index (χ0n) is 9.89. The summed E-state index contributed by atoms with van der Waals surface area (Å²) in [5.74, 6) is -1.00. The normalized spacial score (nSPS) is 10.9. The molecule has 5 nitrogen and oxygen atoms in total. The van der Waals surface area contributed by atoms with E-state index in [-0.39, 0.29) is 11.4 Å². The maximum Gasteiger partial charge on any atom is 0.573 e. The van der Waals surface area contributed by atoms with Crippen LogP contribution in [-0.2, 0) is 0 Å². The standard InChI is InChI=1S/C12H8F3N3O2/c13-12(14,15)20-9-3-1-2-8(6-9)18-11(19)10-7-16-4-5-17-10/h1-7H,(H,18,19). The number of amides is 1. The first kappa shape index (κ1) is 13.8. The van der Waals surface area contributed by atoms with Crippen molar-refractivity contribution in [2.24, 2.45) is 0 Å². The summed E-state index contributed by atoms with van der Waals surface area (Å²) in [6.07, 6.45) is -0.814. The Morgan fingerprint density at radius 1 is 1.25 bits per heavy atom. The fraction of sp³-hybridized carbons (Fsp3) is 0.0833. The number of halogens is 3. The fourth-order valence-electron chi connectivity index (χ4n) is 1.38. The van der Waals surface area contributed by atoms with E-state index in [1.165, 1.54) is 30.7 Å². The van der Waals surface area contributed by atoms with Gasteiger partial charge in [-0.2, -0.15) is 0 Å². The highest BCUT2D eigenvalue weighted by Gasteiger charge is 2.31. The van der Waals surface area contributed by atoms with Crippen molar-refractivity contribution >= 4 is 11.6 Å². The summed E-state index contributed by atoms with van der Waals surface area (Å²) in [7, 11) is 0. The van der Waals surface area contributed by atoms with E-state index in [4.69, 9.17) is 0 Å². The highest BCUT2D eigenvalue weighted by atomic mass is 19.4. The van der Waals surface area contributed by atoms with Crippen LogP contribution in [0.25, 0.3) is 0 Å². The van der Waals surface area contributed by atoms with Crippen LogP contribution in [-0.4, -0.2) is 22.2 Å². The van der Waals surface area contributed by atoms with Crippen LogP contribution in [0.3, 0.4) is 0 Å². The van der Waals surface area contributed by atoms with Gasteiger partial charge in [-0.1, -0.05) is 6.07 Å². The van der Waals surface area contributed by atoms with E-state index in [2.05, 4.69) is 20.0 Å². The number of anilines is 1. The Balaban J connectivity index is 2.10. The molecule has 1 aromatic heterocycles. The maximum atomic E-state index is 12.1. The minimum Gasteiger partial charge on any atom is -0.406 e. The van der Waals surface area contributed by atoms with Crippen LogP contribution < -0.4 is 10.1 Å². The van der Waals surface area contributed by atoms with Gasteiger partial charge in [-0.15, -0.1) is 13.2 Å². The third kappa shape index (κ3) is 3.94. The Kier molecular flexibility index (Phi) is 3.83.